The Bertz CT molecular complexity index is 274. The summed E-state index contributed by atoms with van der Waals surface area (Å²) in [6.07, 6.45) is 8.73. The van der Waals surface area contributed by atoms with Crippen molar-refractivity contribution in [1.29, 1.82) is 0 Å². The fourth-order valence-electron chi connectivity index (χ4n) is 3.98. The summed E-state index contributed by atoms with van der Waals surface area (Å²) < 4.78 is 6.01. The van der Waals surface area contributed by atoms with E-state index in [0.29, 0.717) is 12.1 Å². The molecule has 3 nitrogen and oxygen atoms in total. The average Bonchev–Trinajstić information content (AvgIpc) is 2.34. The van der Waals surface area contributed by atoms with Gasteiger partial charge >= 0.3 is 0 Å². The van der Waals surface area contributed by atoms with Crippen molar-refractivity contribution in [2.45, 2.75) is 77.0 Å². The fraction of sp³-hybridized carbons (Fsp3) is 1.00. The van der Waals surface area contributed by atoms with Crippen LogP contribution in [-0.4, -0.2) is 42.3 Å². The summed E-state index contributed by atoms with van der Waals surface area (Å²) in [6, 6.07) is 0.550. The van der Waals surface area contributed by atoms with Crippen LogP contribution in [0.1, 0.15) is 59.3 Å². The van der Waals surface area contributed by atoms with Crippen molar-refractivity contribution in [3.63, 3.8) is 0 Å². The number of morpholine rings is 1. The summed E-state index contributed by atoms with van der Waals surface area (Å²) in [6.45, 7) is 9.43. The third kappa shape index (κ3) is 4.44. The minimum atomic E-state index is -0.0301. The van der Waals surface area contributed by atoms with Gasteiger partial charge in [0, 0.05) is 25.7 Å². The van der Waals surface area contributed by atoms with Crippen molar-refractivity contribution in [2.75, 3.05) is 19.6 Å². The zero-order valence-electron chi connectivity index (χ0n) is 13.0. The second-order valence-corrected chi connectivity index (χ2v) is 7.25. The number of hydrogen-bond acceptors (Lipinski definition) is 3. The van der Waals surface area contributed by atoms with Gasteiger partial charge < -0.3 is 10.5 Å². The molecule has 3 heteroatoms. The third-order valence-corrected chi connectivity index (χ3v) is 4.71. The molecule has 0 spiro atoms. The van der Waals surface area contributed by atoms with Gasteiger partial charge in [-0.3, -0.25) is 4.90 Å². The van der Waals surface area contributed by atoms with Crippen LogP contribution in [0.2, 0.25) is 0 Å². The Labute approximate surface area is 118 Å². The molecule has 2 unspecified atom stereocenters. The van der Waals surface area contributed by atoms with Gasteiger partial charge in [-0.15, -0.1) is 0 Å². The Morgan fingerprint density at radius 3 is 2.53 bits per heavy atom. The second kappa shape index (κ2) is 6.55. The predicted octanol–water partition coefficient (Wildman–Crippen LogP) is 2.78. The minimum absolute atomic E-state index is 0.0301. The first kappa shape index (κ1) is 15.3. The highest BCUT2D eigenvalue weighted by Gasteiger charge is 2.35. The highest BCUT2D eigenvalue weighted by molar-refractivity contribution is 4.88. The molecule has 112 valence electrons. The van der Waals surface area contributed by atoms with Crippen LogP contribution in [0.15, 0.2) is 0 Å². The maximum atomic E-state index is 6.07. The molecule has 0 amide bonds. The molecule has 2 atom stereocenters. The number of hydrogen-bond donors (Lipinski definition) is 1. The van der Waals surface area contributed by atoms with Crippen LogP contribution in [0.3, 0.4) is 0 Å². The van der Waals surface area contributed by atoms with E-state index in [0.717, 1.165) is 25.6 Å². The predicted molar refractivity (Wildman–Crippen MR) is 80.2 cm³/mol. The van der Waals surface area contributed by atoms with Gasteiger partial charge in [-0.05, 0) is 33.1 Å². The van der Waals surface area contributed by atoms with Gasteiger partial charge in [0.2, 0.25) is 0 Å². The van der Waals surface area contributed by atoms with Crippen molar-refractivity contribution >= 4 is 0 Å². The maximum Gasteiger partial charge on any atom is 0.0757 e. The summed E-state index contributed by atoms with van der Waals surface area (Å²) >= 11 is 0. The normalized spacial score (nSPS) is 31.3. The van der Waals surface area contributed by atoms with E-state index in [1.807, 2.05) is 0 Å². The standard InChI is InChI=1S/C16H32N2O/c1-13-11-18(12-16(2,3)19-13)15(10-17)9-14-7-5-4-6-8-14/h13-15H,4-12,17H2,1-3H3. The Kier molecular flexibility index (Phi) is 5.27. The van der Waals surface area contributed by atoms with Gasteiger partial charge in [0.25, 0.3) is 0 Å². The smallest absolute Gasteiger partial charge is 0.0757 e. The molecule has 1 saturated carbocycles. The molecule has 1 saturated heterocycles. The third-order valence-electron chi connectivity index (χ3n) is 4.71. The highest BCUT2D eigenvalue weighted by atomic mass is 16.5. The molecule has 0 radical (unpaired) electrons. The lowest BCUT2D eigenvalue weighted by Gasteiger charge is -2.45. The first-order valence-electron chi connectivity index (χ1n) is 8.12. The summed E-state index contributed by atoms with van der Waals surface area (Å²) in [5.74, 6) is 0.906. The van der Waals surface area contributed by atoms with E-state index in [4.69, 9.17) is 10.5 Å². The summed E-state index contributed by atoms with van der Waals surface area (Å²) in [7, 11) is 0. The number of rotatable bonds is 4. The van der Waals surface area contributed by atoms with Gasteiger partial charge in [-0.1, -0.05) is 32.1 Å². The van der Waals surface area contributed by atoms with Crippen LogP contribution in [0, 0.1) is 5.92 Å². The zero-order chi connectivity index (χ0) is 13.9. The van der Waals surface area contributed by atoms with Crippen LogP contribution in [0.5, 0.6) is 0 Å². The van der Waals surface area contributed by atoms with E-state index < -0.39 is 0 Å². The summed E-state index contributed by atoms with van der Waals surface area (Å²) in [4.78, 5) is 2.59. The average molecular weight is 268 g/mol. The Balaban J connectivity index is 1.92. The van der Waals surface area contributed by atoms with Gasteiger partial charge in [0.15, 0.2) is 0 Å². The molecule has 2 fully saturated rings. The quantitative estimate of drug-likeness (QED) is 0.852. The molecule has 2 aliphatic rings. The lowest BCUT2D eigenvalue weighted by atomic mass is 9.84. The zero-order valence-corrected chi connectivity index (χ0v) is 13.0. The van der Waals surface area contributed by atoms with Gasteiger partial charge in [-0.2, -0.15) is 0 Å². The fourth-order valence-corrected chi connectivity index (χ4v) is 3.98. The molecule has 1 aliphatic carbocycles. The van der Waals surface area contributed by atoms with Crippen molar-refractivity contribution in [1.82, 2.24) is 4.90 Å². The van der Waals surface area contributed by atoms with E-state index >= 15 is 0 Å². The lowest BCUT2D eigenvalue weighted by Crippen LogP contribution is -2.57. The maximum absolute atomic E-state index is 6.07. The molecule has 2 rings (SSSR count). The molecule has 0 bridgehead atoms. The molecular formula is C16H32N2O. The molecule has 19 heavy (non-hydrogen) atoms. The summed E-state index contributed by atoms with van der Waals surface area (Å²) in [5, 5.41) is 0. The van der Waals surface area contributed by atoms with E-state index in [2.05, 4.69) is 25.7 Å². The largest absolute Gasteiger partial charge is 0.370 e. The van der Waals surface area contributed by atoms with Crippen LogP contribution in [-0.2, 0) is 4.74 Å². The van der Waals surface area contributed by atoms with E-state index in [9.17, 15) is 0 Å². The van der Waals surface area contributed by atoms with Crippen LogP contribution in [0.25, 0.3) is 0 Å². The van der Waals surface area contributed by atoms with Gasteiger partial charge in [0.1, 0.15) is 0 Å². The SMILES string of the molecule is CC1CN(C(CN)CC2CCCCC2)CC(C)(C)O1. The number of nitrogens with zero attached hydrogens (tertiary/aromatic N) is 1. The number of ether oxygens (including phenoxy) is 1. The first-order chi connectivity index (χ1) is 9.00. The lowest BCUT2D eigenvalue weighted by molar-refractivity contribution is -0.138. The van der Waals surface area contributed by atoms with Crippen molar-refractivity contribution in [3.8, 4) is 0 Å². The van der Waals surface area contributed by atoms with Crippen molar-refractivity contribution in [2.24, 2.45) is 11.7 Å². The van der Waals surface area contributed by atoms with Crippen molar-refractivity contribution < 1.29 is 4.74 Å². The Morgan fingerprint density at radius 2 is 1.95 bits per heavy atom. The molecule has 0 aromatic rings. The van der Waals surface area contributed by atoms with Crippen LogP contribution < -0.4 is 5.73 Å². The molecule has 1 aliphatic heterocycles. The second-order valence-electron chi connectivity index (χ2n) is 7.25. The molecule has 1 heterocycles. The van der Waals surface area contributed by atoms with Gasteiger partial charge in [0.05, 0.1) is 11.7 Å². The van der Waals surface area contributed by atoms with E-state index in [-0.39, 0.29) is 5.60 Å². The Hall–Kier alpha value is -0.120. The molecule has 2 N–H and O–H groups in total. The van der Waals surface area contributed by atoms with Gasteiger partial charge in [-0.25, -0.2) is 0 Å². The number of nitrogens with two attached hydrogens (primary N) is 1. The van der Waals surface area contributed by atoms with Crippen molar-refractivity contribution in [3.05, 3.63) is 0 Å². The monoisotopic (exact) mass is 268 g/mol. The molecule has 0 aromatic carbocycles. The van der Waals surface area contributed by atoms with Crippen LogP contribution in [0.4, 0.5) is 0 Å². The summed E-state index contributed by atoms with van der Waals surface area (Å²) in [5.41, 5.74) is 6.04. The molecular weight excluding hydrogens is 236 g/mol. The van der Waals surface area contributed by atoms with E-state index in [1.54, 1.807) is 0 Å². The van der Waals surface area contributed by atoms with E-state index in [1.165, 1.54) is 38.5 Å². The minimum Gasteiger partial charge on any atom is -0.370 e. The first-order valence-corrected chi connectivity index (χ1v) is 8.12. The van der Waals surface area contributed by atoms with Crippen LogP contribution >= 0.6 is 0 Å². The topological polar surface area (TPSA) is 38.5 Å². The molecule has 0 aromatic heterocycles. The highest BCUT2D eigenvalue weighted by Crippen LogP contribution is 2.30. The Morgan fingerprint density at radius 1 is 1.26 bits per heavy atom.